The molecule has 0 saturated carbocycles. The SMILES string of the molecule is COc1ccc(OC)c(N(CC(=O)NCCCSCc2ccc(F)cc2)S(=O)(=O)c2ccc(OC)c(OC)c2)c1. The van der Waals surface area contributed by atoms with Crippen molar-refractivity contribution in [3.63, 3.8) is 0 Å². The van der Waals surface area contributed by atoms with Crippen molar-refractivity contribution in [3.8, 4) is 23.0 Å². The van der Waals surface area contributed by atoms with Crippen molar-refractivity contribution in [1.82, 2.24) is 5.32 Å². The fourth-order valence-electron chi connectivity index (χ4n) is 3.75. The van der Waals surface area contributed by atoms with Gasteiger partial charge < -0.3 is 24.3 Å². The summed E-state index contributed by atoms with van der Waals surface area (Å²) in [4.78, 5) is 12.9. The second-order valence-electron chi connectivity index (χ2n) is 8.45. The van der Waals surface area contributed by atoms with Gasteiger partial charge in [0.1, 0.15) is 23.9 Å². The molecular weight excluding hydrogens is 559 g/mol. The van der Waals surface area contributed by atoms with Crippen LogP contribution >= 0.6 is 11.8 Å². The van der Waals surface area contributed by atoms with Crippen LogP contribution in [0.4, 0.5) is 10.1 Å². The Balaban J connectivity index is 1.76. The molecule has 3 rings (SSSR count). The lowest BCUT2D eigenvalue weighted by atomic mass is 10.2. The number of nitrogens with zero attached hydrogens (tertiary/aromatic N) is 1. The predicted molar refractivity (Wildman–Crippen MR) is 154 cm³/mol. The Morgan fingerprint density at radius 2 is 1.55 bits per heavy atom. The highest BCUT2D eigenvalue weighted by molar-refractivity contribution is 7.98. The minimum Gasteiger partial charge on any atom is -0.497 e. The fourth-order valence-corrected chi connectivity index (χ4v) is 6.11. The van der Waals surface area contributed by atoms with Crippen molar-refractivity contribution < 1.29 is 36.6 Å². The van der Waals surface area contributed by atoms with Gasteiger partial charge in [0.2, 0.25) is 5.91 Å². The van der Waals surface area contributed by atoms with Crippen LogP contribution in [-0.4, -0.2) is 61.6 Å². The molecule has 0 unspecified atom stereocenters. The van der Waals surface area contributed by atoms with Crippen molar-refractivity contribution in [1.29, 1.82) is 0 Å². The molecule has 0 saturated heterocycles. The van der Waals surface area contributed by atoms with Crippen molar-refractivity contribution >= 4 is 33.4 Å². The van der Waals surface area contributed by atoms with E-state index < -0.39 is 22.5 Å². The van der Waals surface area contributed by atoms with Crippen LogP contribution in [0.5, 0.6) is 23.0 Å². The third-order valence-electron chi connectivity index (χ3n) is 5.85. The molecule has 0 atom stereocenters. The number of carbonyl (C=O) groups excluding carboxylic acids is 1. The molecule has 0 aliphatic carbocycles. The predicted octanol–water partition coefficient (Wildman–Crippen LogP) is 4.50. The minimum atomic E-state index is -4.27. The second-order valence-corrected chi connectivity index (χ2v) is 11.4. The van der Waals surface area contributed by atoms with E-state index in [1.54, 1.807) is 36.0 Å². The average molecular weight is 593 g/mol. The molecule has 216 valence electrons. The van der Waals surface area contributed by atoms with Gasteiger partial charge in [-0.1, -0.05) is 12.1 Å². The van der Waals surface area contributed by atoms with Crippen molar-refractivity contribution in [2.75, 3.05) is 51.6 Å². The molecule has 12 heteroatoms. The number of benzene rings is 3. The number of hydrogen-bond donors (Lipinski definition) is 1. The molecule has 0 bridgehead atoms. The van der Waals surface area contributed by atoms with Crippen molar-refractivity contribution in [3.05, 3.63) is 72.0 Å². The van der Waals surface area contributed by atoms with Crippen LogP contribution in [-0.2, 0) is 20.6 Å². The van der Waals surface area contributed by atoms with E-state index >= 15 is 0 Å². The van der Waals surface area contributed by atoms with E-state index in [-0.39, 0.29) is 27.9 Å². The zero-order valence-corrected chi connectivity index (χ0v) is 24.4. The highest BCUT2D eigenvalue weighted by Gasteiger charge is 2.31. The molecule has 0 aliphatic heterocycles. The molecule has 1 amide bonds. The van der Waals surface area contributed by atoms with Crippen LogP contribution in [0.25, 0.3) is 0 Å². The average Bonchev–Trinajstić information content (AvgIpc) is 2.97. The highest BCUT2D eigenvalue weighted by Crippen LogP contribution is 2.37. The summed E-state index contributed by atoms with van der Waals surface area (Å²) in [6, 6.07) is 15.2. The zero-order chi connectivity index (χ0) is 29.1. The summed E-state index contributed by atoms with van der Waals surface area (Å²) >= 11 is 1.66. The number of nitrogens with one attached hydrogen (secondary N) is 1. The van der Waals surface area contributed by atoms with Crippen LogP contribution < -0.4 is 28.6 Å². The van der Waals surface area contributed by atoms with Crippen LogP contribution in [0.1, 0.15) is 12.0 Å². The van der Waals surface area contributed by atoms with Crippen molar-refractivity contribution in [2.45, 2.75) is 17.1 Å². The number of anilines is 1. The summed E-state index contributed by atoms with van der Waals surface area (Å²) in [5.74, 6) is 1.95. The monoisotopic (exact) mass is 592 g/mol. The molecule has 0 fully saturated rings. The number of hydrogen-bond acceptors (Lipinski definition) is 8. The van der Waals surface area contributed by atoms with Crippen molar-refractivity contribution in [2.24, 2.45) is 0 Å². The summed E-state index contributed by atoms with van der Waals surface area (Å²) in [5.41, 5.74) is 1.15. The lowest BCUT2D eigenvalue weighted by Gasteiger charge is -2.26. The number of amides is 1. The van der Waals surface area contributed by atoms with Crippen LogP contribution in [0.3, 0.4) is 0 Å². The van der Waals surface area contributed by atoms with Gasteiger partial charge in [0.15, 0.2) is 11.5 Å². The van der Waals surface area contributed by atoms with E-state index in [2.05, 4.69) is 5.32 Å². The second kappa shape index (κ2) is 14.7. The number of rotatable bonds is 15. The van der Waals surface area contributed by atoms with Gasteiger partial charge in [-0.15, -0.1) is 0 Å². The number of ether oxygens (including phenoxy) is 4. The van der Waals surface area contributed by atoms with E-state index in [1.165, 1.54) is 64.8 Å². The van der Waals surface area contributed by atoms with E-state index in [1.807, 2.05) is 0 Å². The quantitative estimate of drug-likeness (QED) is 0.258. The van der Waals surface area contributed by atoms with Gasteiger partial charge in [-0.2, -0.15) is 11.8 Å². The van der Waals surface area contributed by atoms with Gasteiger partial charge in [0.05, 0.1) is 39.0 Å². The number of thioether (sulfide) groups is 1. The maximum absolute atomic E-state index is 13.9. The maximum atomic E-state index is 13.9. The molecule has 0 radical (unpaired) electrons. The van der Waals surface area contributed by atoms with Crippen LogP contribution in [0.2, 0.25) is 0 Å². The van der Waals surface area contributed by atoms with E-state index in [0.717, 1.165) is 21.4 Å². The first-order valence-corrected chi connectivity index (χ1v) is 14.9. The Bertz CT molecular complexity index is 1390. The molecule has 0 spiro atoms. The van der Waals surface area contributed by atoms with Crippen LogP contribution in [0.15, 0.2) is 65.6 Å². The normalized spacial score (nSPS) is 11.0. The third kappa shape index (κ3) is 7.95. The number of carbonyl (C=O) groups is 1. The lowest BCUT2D eigenvalue weighted by molar-refractivity contribution is -0.119. The maximum Gasteiger partial charge on any atom is 0.265 e. The molecule has 9 nitrogen and oxygen atoms in total. The van der Waals surface area contributed by atoms with E-state index in [9.17, 15) is 17.6 Å². The summed E-state index contributed by atoms with van der Waals surface area (Å²) in [6.07, 6.45) is 0.669. The lowest BCUT2D eigenvalue weighted by Crippen LogP contribution is -2.41. The Kier molecular flexibility index (Phi) is 11.3. The Labute approximate surface area is 238 Å². The smallest absolute Gasteiger partial charge is 0.265 e. The Morgan fingerprint density at radius 1 is 0.875 bits per heavy atom. The summed E-state index contributed by atoms with van der Waals surface area (Å²) in [7, 11) is 1.46. The highest BCUT2D eigenvalue weighted by atomic mass is 32.2. The van der Waals surface area contributed by atoms with Gasteiger partial charge in [-0.3, -0.25) is 9.10 Å². The van der Waals surface area contributed by atoms with Gasteiger partial charge in [0, 0.05) is 24.4 Å². The topological polar surface area (TPSA) is 103 Å². The molecule has 40 heavy (non-hydrogen) atoms. The van der Waals surface area contributed by atoms with Gasteiger partial charge >= 0.3 is 0 Å². The standard InChI is InChI=1S/C28H33FN2O7S2/c1-35-22-10-12-25(36-2)24(16-22)31(40(33,34)23-11-13-26(37-3)27(17-23)38-4)18-28(32)30-14-5-15-39-19-20-6-8-21(29)9-7-20/h6-13,16-17H,5,14-15,18-19H2,1-4H3,(H,30,32). The molecule has 0 heterocycles. The minimum absolute atomic E-state index is 0.0972. The third-order valence-corrected chi connectivity index (χ3v) is 8.73. The molecule has 3 aromatic carbocycles. The van der Waals surface area contributed by atoms with Gasteiger partial charge in [-0.25, -0.2) is 12.8 Å². The Morgan fingerprint density at radius 3 is 2.20 bits per heavy atom. The zero-order valence-electron chi connectivity index (χ0n) is 22.8. The molecule has 3 aromatic rings. The summed E-state index contributed by atoms with van der Waals surface area (Å²) in [5, 5.41) is 2.79. The number of sulfonamides is 1. The summed E-state index contributed by atoms with van der Waals surface area (Å²) in [6.45, 7) is -0.141. The summed E-state index contributed by atoms with van der Waals surface area (Å²) < 4.78 is 63.1. The van der Waals surface area contributed by atoms with E-state index in [0.29, 0.717) is 24.5 Å². The fraction of sp³-hybridized carbons (Fsp3) is 0.321. The van der Waals surface area contributed by atoms with Gasteiger partial charge in [0.25, 0.3) is 10.0 Å². The largest absolute Gasteiger partial charge is 0.497 e. The Hall–Kier alpha value is -3.64. The first-order chi connectivity index (χ1) is 19.2. The molecule has 1 N–H and O–H groups in total. The molecule has 0 aromatic heterocycles. The van der Waals surface area contributed by atoms with Gasteiger partial charge in [-0.05, 0) is 54.1 Å². The number of halogens is 1. The molecular formula is C28H33FN2O7S2. The first-order valence-electron chi connectivity index (χ1n) is 12.3. The van der Waals surface area contributed by atoms with Crippen LogP contribution in [0, 0.1) is 5.82 Å². The van der Waals surface area contributed by atoms with E-state index in [4.69, 9.17) is 18.9 Å². The first kappa shape index (κ1) is 30.9. The number of methoxy groups -OCH3 is 4. The molecule has 0 aliphatic rings.